The number of carbonyl (C=O) groups excluding carboxylic acids is 2. The zero-order chi connectivity index (χ0) is 18.7. The molecule has 3 rings (SSSR count). The molecule has 2 N–H and O–H groups in total. The van der Waals surface area contributed by atoms with E-state index < -0.39 is 0 Å². The highest BCUT2D eigenvalue weighted by molar-refractivity contribution is 5.89. The van der Waals surface area contributed by atoms with Crippen molar-refractivity contribution in [3.8, 4) is 11.5 Å². The molecular weight excluding hydrogens is 336 g/mol. The van der Waals surface area contributed by atoms with E-state index in [9.17, 15) is 14.7 Å². The van der Waals surface area contributed by atoms with Crippen LogP contribution < -0.4 is 14.8 Å². The zero-order valence-corrected chi connectivity index (χ0v) is 15.2. The largest absolute Gasteiger partial charge is 0.454 e. The van der Waals surface area contributed by atoms with Crippen molar-refractivity contribution in [3.63, 3.8) is 0 Å². The molecule has 7 heteroatoms. The molecule has 142 valence electrons. The van der Waals surface area contributed by atoms with E-state index in [-0.39, 0.29) is 49.5 Å². The second-order valence-electron chi connectivity index (χ2n) is 7.05. The maximum absolute atomic E-state index is 12.5. The normalized spacial score (nSPS) is 21.0. The fourth-order valence-corrected chi connectivity index (χ4v) is 3.31. The van der Waals surface area contributed by atoms with Crippen molar-refractivity contribution in [2.75, 3.05) is 19.9 Å². The Morgan fingerprint density at radius 2 is 2.15 bits per heavy atom. The molecule has 2 aliphatic heterocycles. The van der Waals surface area contributed by atoms with Gasteiger partial charge in [-0.3, -0.25) is 9.59 Å². The number of likely N-dealkylation sites (tertiary alicyclic amines) is 1. The highest BCUT2D eigenvalue weighted by atomic mass is 16.7. The molecule has 3 atom stereocenters. The standard InChI is InChI=1S/C19H26N2O5/c1-3-12(2)15(10-22)20-19(24)14-7-18(23)21(9-14)8-13-4-5-16-17(6-13)26-11-25-16/h4-6,12,14-15,22H,3,7-11H2,1-2H3,(H,20,24)/t12-,14-,15-/m0/s1. The van der Waals surface area contributed by atoms with Gasteiger partial charge in [-0.25, -0.2) is 0 Å². The van der Waals surface area contributed by atoms with Gasteiger partial charge in [0.2, 0.25) is 18.6 Å². The number of nitrogens with zero attached hydrogens (tertiary/aromatic N) is 1. The van der Waals surface area contributed by atoms with Crippen LogP contribution >= 0.6 is 0 Å². The molecule has 1 aromatic rings. The summed E-state index contributed by atoms with van der Waals surface area (Å²) in [6, 6.07) is 5.33. The Morgan fingerprint density at radius 1 is 1.38 bits per heavy atom. The van der Waals surface area contributed by atoms with Crippen LogP contribution in [0.1, 0.15) is 32.3 Å². The summed E-state index contributed by atoms with van der Waals surface area (Å²) in [5, 5.41) is 12.4. The second kappa shape index (κ2) is 7.95. The number of hydrogen-bond donors (Lipinski definition) is 2. The maximum atomic E-state index is 12.5. The molecule has 0 bridgehead atoms. The highest BCUT2D eigenvalue weighted by Gasteiger charge is 2.35. The summed E-state index contributed by atoms with van der Waals surface area (Å²) in [4.78, 5) is 26.5. The summed E-state index contributed by atoms with van der Waals surface area (Å²) in [5.74, 6) is 1.000. The first-order chi connectivity index (χ1) is 12.5. The molecule has 0 unspecified atom stereocenters. The topological polar surface area (TPSA) is 88.1 Å². The molecule has 2 amide bonds. The zero-order valence-electron chi connectivity index (χ0n) is 15.2. The summed E-state index contributed by atoms with van der Waals surface area (Å²) >= 11 is 0. The lowest BCUT2D eigenvalue weighted by Gasteiger charge is -2.24. The van der Waals surface area contributed by atoms with Crippen molar-refractivity contribution in [2.45, 2.75) is 39.3 Å². The van der Waals surface area contributed by atoms with E-state index in [1.165, 1.54) is 0 Å². The number of amides is 2. The van der Waals surface area contributed by atoms with E-state index in [0.717, 1.165) is 12.0 Å². The number of rotatable bonds is 7. The smallest absolute Gasteiger partial charge is 0.231 e. The Balaban J connectivity index is 1.58. The monoisotopic (exact) mass is 362 g/mol. The highest BCUT2D eigenvalue weighted by Crippen LogP contribution is 2.33. The average molecular weight is 362 g/mol. The van der Waals surface area contributed by atoms with Crippen LogP contribution in [0, 0.1) is 11.8 Å². The predicted molar refractivity (Wildman–Crippen MR) is 94.6 cm³/mol. The minimum atomic E-state index is -0.380. The van der Waals surface area contributed by atoms with E-state index in [2.05, 4.69) is 5.32 Å². The predicted octanol–water partition coefficient (Wildman–Crippen LogP) is 1.29. The Hall–Kier alpha value is -2.28. The molecule has 0 aliphatic carbocycles. The lowest BCUT2D eigenvalue weighted by Crippen LogP contribution is -2.45. The number of nitrogens with one attached hydrogen (secondary N) is 1. The van der Waals surface area contributed by atoms with E-state index in [4.69, 9.17) is 9.47 Å². The Morgan fingerprint density at radius 3 is 2.88 bits per heavy atom. The molecule has 1 aromatic carbocycles. The number of ether oxygens (including phenoxy) is 2. The van der Waals surface area contributed by atoms with E-state index in [1.807, 2.05) is 32.0 Å². The van der Waals surface area contributed by atoms with Crippen LogP contribution in [0.5, 0.6) is 11.5 Å². The van der Waals surface area contributed by atoms with E-state index in [1.54, 1.807) is 4.90 Å². The number of carbonyl (C=O) groups is 2. The van der Waals surface area contributed by atoms with Crippen molar-refractivity contribution in [3.05, 3.63) is 23.8 Å². The summed E-state index contributed by atoms with van der Waals surface area (Å²) in [7, 11) is 0. The fourth-order valence-electron chi connectivity index (χ4n) is 3.31. The van der Waals surface area contributed by atoms with Gasteiger partial charge < -0.3 is 24.8 Å². The molecule has 1 fully saturated rings. The van der Waals surface area contributed by atoms with Crippen molar-refractivity contribution >= 4 is 11.8 Å². The summed E-state index contributed by atoms with van der Waals surface area (Å²) < 4.78 is 10.7. The lowest BCUT2D eigenvalue weighted by molar-refractivity contribution is -0.129. The molecule has 2 aliphatic rings. The van der Waals surface area contributed by atoms with Crippen LogP contribution in [0.2, 0.25) is 0 Å². The average Bonchev–Trinajstić information content (AvgIpc) is 3.25. The quantitative estimate of drug-likeness (QED) is 0.763. The van der Waals surface area contributed by atoms with Gasteiger partial charge in [0.1, 0.15) is 0 Å². The van der Waals surface area contributed by atoms with Crippen LogP contribution in [0.4, 0.5) is 0 Å². The van der Waals surface area contributed by atoms with Crippen LogP contribution in [-0.4, -0.2) is 47.8 Å². The van der Waals surface area contributed by atoms with Crippen LogP contribution in [0.15, 0.2) is 18.2 Å². The number of aliphatic hydroxyl groups excluding tert-OH is 1. The SMILES string of the molecule is CC[C@H](C)[C@H](CO)NC(=O)[C@H]1CC(=O)N(Cc2ccc3c(c2)OCO3)C1. The minimum absolute atomic E-state index is 0.0353. The number of fused-ring (bicyclic) bond motifs is 1. The Labute approximate surface area is 153 Å². The van der Waals surface area contributed by atoms with Gasteiger partial charge >= 0.3 is 0 Å². The van der Waals surface area contributed by atoms with E-state index in [0.29, 0.717) is 24.6 Å². The van der Waals surface area contributed by atoms with E-state index >= 15 is 0 Å². The Kier molecular flexibility index (Phi) is 5.66. The molecule has 1 saturated heterocycles. The van der Waals surface area contributed by atoms with Crippen molar-refractivity contribution in [1.82, 2.24) is 10.2 Å². The van der Waals surface area contributed by atoms with Crippen LogP contribution in [-0.2, 0) is 16.1 Å². The van der Waals surface area contributed by atoms with Gasteiger partial charge in [0, 0.05) is 19.5 Å². The maximum Gasteiger partial charge on any atom is 0.231 e. The first-order valence-corrected chi connectivity index (χ1v) is 9.09. The number of benzene rings is 1. The van der Waals surface area contributed by atoms with Gasteiger partial charge in [-0.05, 0) is 23.6 Å². The molecule has 7 nitrogen and oxygen atoms in total. The van der Waals surface area contributed by atoms with Gasteiger partial charge in [-0.2, -0.15) is 0 Å². The summed E-state index contributed by atoms with van der Waals surface area (Å²) in [5.41, 5.74) is 0.941. The first-order valence-electron chi connectivity index (χ1n) is 9.09. The molecule has 0 radical (unpaired) electrons. The Bertz CT molecular complexity index is 678. The molecule has 0 spiro atoms. The van der Waals surface area contributed by atoms with Gasteiger partial charge in [-0.15, -0.1) is 0 Å². The lowest BCUT2D eigenvalue weighted by atomic mass is 9.98. The molecule has 0 aromatic heterocycles. The van der Waals surface area contributed by atoms with Gasteiger partial charge in [0.15, 0.2) is 11.5 Å². The third-order valence-corrected chi connectivity index (χ3v) is 5.25. The fraction of sp³-hybridized carbons (Fsp3) is 0.579. The van der Waals surface area contributed by atoms with Gasteiger partial charge in [0.05, 0.1) is 18.6 Å². The van der Waals surface area contributed by atoms with Crippen molar-refractivity contribution in [2.24, 2.45) is 11.8 Å². The summed E-state index contributed by atoms with van der Waals surface area (Å²) in [6.45, 7) is 4.96. The number of hydrogen-bond acceptors (Lipinski definition) is 5. The minimum Gasteiger partial charge on any atom is -0.454 e. The molecule has 26 heavy (non-hydrogen) atoms. The van der Waals surface area contributed by atoms with Crippen LogP contribution in [0.25, 0.3) is 0 Å². The second-order valence-corrected chi connectivity index (χ2v) is 7.05. The van der Waals surface area contributed by atoms with Crippen molar-refractivity contribution < 1.29 is 24.2 Å². The molecule has 0 saturated carbocycles. The third-order valence-electron chi connectivity index (χ3n) is 5.25. The van der Waals surface area contributed by atoms with Gasteiger partial charge in [-0.1, -0.05) is 26.3 Å². The van der Waals surface area contributed by atoms with Gasteiger partial charge in [0.25, 0.3) is 0 Å². The molecular formula is C19H26N2O5. The van der Waals surface area contributed by atoms with Crippen LogP contribution in [0.3, 0.4) is 0 Å². The third kappa shape index (κ3) is 3.93. The number of aliphatic hydroxyl groups is 1. The first kappa shape index (κ1) is 18.5. The molecule has 2 heterocycles. The van der Waals surface area contributed by atoms with Crippen molar-refractivity contribution in [1.29, 1.82) is 0 Å². The summed E-state index contributed by atoms with van der Waals surface area (Å²) in [6.07, 6.45) is 1.07.